The van der Waals surface area contributed by atoms with Crippen LogP contribution < -0.4 is 0 Å². The molecule has 0 saturated heterocycles. The summed E-state index contributed by atoms with van der Waals surface area (Å²) in [7, 11) is 0. The molecule has 0 amide bonds. The Hall–Kier alpha value is 0.290. The molecule has 2 fully saturated rings. The second-order valence-electron chi connectivity index (χ2n) is 4.62. The lowest BCUT2D eigenvalue weighted by molar-refractivity contribution is 0.280. The topological polar surface area (TPSA) is 0 Å². The third kappa shape index (κ3) is 1.19. The first-order valence-electron chi connectivity index (χ1n) is 5.39. The molecule has 0 N–H and O–H groups in total. The van der Waals surface area contributed by atoms with Crippen molar-refractivity contribution in [3.63, 3.8) is 0 Å². The molecule has 0 radical (unpaired) electrons. The molecule has 2 atom stereocenters. The van der Waals surface area contributed by atoms with E-state index in [-0.39, 0.29) is 0 Å². The minimum Gasteiger partial charge on any atom is -0.126 e. The van der Waals surface area contributed by atoms with Gasteiger partial charge in [-0.25, -0.2) is 0 Å². The van der Waals surface area contributed by atoms with Gasteiger partial charge in [-0.1, -0.05) is 19.8 Å². The molecular weight excluding hydrogens is 168 g/mol. The molecule has 0 aliphatic heterocycles. The largest absolute Gasteiger partial charge is 0.126 e. The van der Waals surface area contributed by atoms with Gasteiger partial charge in [-0.3, -0.25) is 0 Å². The molecule has 0 aromatic carbocycles. The lowest BCUT2D eigenvalue weighted by Crippen LogP contribution is -2.15. The predicted molar refractivity (Wildman–Crippen MR) is 53.5 cm³/mol. The summed E-state index contributed by atoms with van der Waals surface area (Å²) in [6.07, 6.45) is 8.72. The molecule has 70 valence electrons. The molecule has 2 unspecified atom stereocenters. The van der Waals surface area contributed by atoms with Crippen molar-refractivity contribution < 1.29 is 0 Å². The van der Waals surface area contributed by atoms with Gasteiger partial charge >= 0.3 is 0 Å². The number of rotatable bonds is 3. The van der Waals surface area contributed by atoms with Crippen molar-refractivity contribution in [3.8, 4) is 0 Å². The Bertz CT molecular complexity index is 160. The van der Waals surface area contributed by atoms with Crippen LogP contribution in [0.25, 0.3) is 0 Å². The van der Waals surface area contributed by atoms with Crippen LogP contribution in [0.1, 0.15) is 45.4 Å². The summed E-state index contributed by atoms with van der Waals surface area (Å²) < 4.78 is 0. The quantitative estimate of drug-likeness (QED) is 0.588. The third-order valence-electron chi connectivity index (χ3n) is 4.29. The fourth-order valence-electron chi connectivity index (χ4n) is 3.33. The van der Waals surface area contributed by atoms with Gasteiger partial charge in [0.1, 0.15) is 0 Å². The van der Waals surface area contributed by atoms with Crippen molar-refractivity contribution in [2.45, 2.75) is 45.4 Å². The standard InChI is InChI=1S/C11H19Cl/c1-2-11(7-10(11)8-12)9-5-3-4-6-9/h9-10H,2-8H2,1H3. The van der Waals surface area contributed by atoms with Crippen molar-refractivity contribution in [2.75, 3.05) is 5.88 Å². The summed E-state index contributed by atoms with van der Waals surface area (Å²) >= 11 is 5.94. The Balaban J connectivity index is 1.99. The van der Waals surface area contributed by atoms with Crippen molar-refractivity contribution >= 4 is 11.6 Å². The number of halogens is 1. The van der Waals surface area contributed by atoms with Gasteiger partial charge in [0.2, 0.25) is 0 Å². The molecule has 0 heterocycles. The van der Waals surface area contributed by atoms with Crippen LogP contribution in [0.5, 0.6) is 0 Å². The average molecular weight is 187 g/mol. The maximum Gasteiger partial charge on any atom is 0.0257 e. The van der Waals surface area contributed by atoms with Crippen LogP contribution in [0.2, 0.25) is 0 Å². The van der Waals surface area contributed by atoms with Crippen LogP contribution in [0.3, 0.4) is 0 Å². The average Bonchev–Trinajstić information content (AvgIpc) is 2.57. The molecule has 0 spiro atoms. The van der Waals surface area contributed by atoms with Gasteiger partial charge in [0, 0.05) is 5.88 Å². The van der Waals surface area contributed by atoms with E-state index in [0.29, 0.717) is 5.41 Å². The van der Waals surface area contributed by atoms with Crippen LogP contribution in [-0.4, -0.2) is 5.88 Å². The summed E-state index contributed by atoms with van der Waals surface area (Å²) in [6.45, 7) is 2.35. The summed E-state index contributed by atoms with van der Waals surface area (Å²) in [5, 5.41) is 0. The van der Waals surface area contributed by atoms with Gasteiger partial charge in [0.25, 0.3) is 0 Å². The minimum absolute atomic E-state index is 0.707. The second kappa shape index (κ2) is 3.21. The van der Waals surface area contributed by atoms with E-state index in [1.807, 2.05) is 0 Å². The molecular formula is C11H19Cl. The van der Waals surface area contributed by atoms with Crippen molar-refractivity contribution in [3.05, 3.63) is 0 Å². The van der Waals surface area contributed by atoms with E-state index in [1.165, 1.54) is 38.5 Å². The predicted octanol–water partition coefficient (Wildman–Crippen LogP) is 3.83. The Labute approximate surface area is 80.7 Å². The molecule has 12 heavy (non-hydrogen) atoms. The van der Waals surface area contributed by atoms with Crippen LogP contribution in [0.15, 0.2) is 0 Å². The summed E-state index contributed by atoms with van der Waals surface area (Å²) in [5.74, 6) is 2.81. The summed E-state index contributed by atoms with van der Waals surface area (Å²) in [5.41, 5.74) is 0.707. The van der Waals surface area contributed by atoms with Crippen LogP contribution in [-0.2, 0) is 0 Å². The first kappa shape index (κ1) is 8.87. The van der Waals surface area contributed by atoms with Gasteiger partial charge < -0.3 is 0 Å². The van der Waals surface area contributed by atoms with Crippen molar-refractivity contribution in [1.82, 2.24) is 0 Å². The molecule has 2 aliphatic rings. The van der Waals surface area contributed by atoms with E-state index in [9.17, 15) is 0 Å². The van der Waals surface area contributed by atoms with Gasteiger partial charge in [-0.2, -0.15) is 0 Å². The molecule has 0 aromatic heterocycles. The molecule has 2 saturated carbocycles. The summed E-state index contributed by atoms with van der Waals surface area (Å²) in [4.78, 5) is 0. The Morgan fingerprint density at radius 1 is 1.33 bits per heavy atom. The highest BCUT2D eigenvalue weighted by Crippen LogP contribution is 2.64. The normalized spacial score (nSPS) is 42.0. The highest BCUT2D eigenvalue weighted by molar-refractivity contribution is 6.18. The highest BCUT2D eigenvalue weighted by Gasteiger charge is 2.56. The smallest absolute Gasteiger partial charge is 0.0257 e. The zero-order valence-corrected chi connectivity index (χ0v) is 8.74. The minimum atomic E-state index is 0.707. The van der Waals surface area contributed by atoms with Gasteiger partial charge in [-0.15, -0.1) is 11.6 Å². The maximum atomic E-state index is 5.94. The number of hydrogen-bond acceptors (Lipinski definition) is 0. The van der Waals surface area contributed by atoms with Crippen LogP contribution in [0, 0.1) is 17.3 Å². The summed E-state index contributed by atoms with van der Waals surface area (Å²) in [6, 6.07) is 0. The molecule has 0 bridgehead atoms. The van der Waals surface area contributed by atoms with Crippen molar-refractivity contribution in [1.29, 1.82) is 0 Å². The van der Waals surface area contributed by atoms with Gasteiger partial charge in [0.05, 0.1) is 0 Å². The number of alkyl halides is 1. The Morgan fingerprint density at radius 2 is 2.00 bits per heavy atom. The van der Waals surface area contributed by atoms with Gasteiger partial charge in [-0.05, 0) is 42.9 Å². The van der Waals surface area contributed by atoms with Crippen LogP contribution in [0.4, 0.5) is 0 Å². The lowest BCUT2D eigenvalue weighted by Gasteiger charge is -2.22. The van der Waals surface area contributed by atoms with Gasteiger partial charge in [0.15, 0.2) is 0 Å². The molecule has 2 rings (SSSR count). The zero-order valence-electron chi connectivity index (χ0n) is 7.98. The van der Waals surface area contributed by atoms with E-state index in [2.05, 4.69) is 6.92 Å². The van der Waals surface area contributed by atoms with Crippen LogP contribution >= 0.6 is 11.6 Å². The molecule has 0 aromatic rings. The maximum absolute atomic E-state index is 5.94. The fourth-order valence-corrected chi connectivity index (χ4v) is 3.75. The highest BCUT2D eigenvalue weighted by atomic mass is 35.5. The zero-order chi connectivity index (χ0) is 8.60. The van der Waals surface area contributed by atoms with E-state index in [1.54, 1.807) is 0 Å². The Morgan fingerprint density at radius 3 is 2.42 bits per heavy atom. The SMILES string of the molecule is CCC1(C2CCCC2)CC1CCl. The van der Waals surface area contributed by atoms with Crippen molar-refractivity contribution in [2.24, 2.45) is 17.3 Å². The van der Waals surface area contributed by atoms with E-state index < -0.39 is 0 Å². The molecule has 2 aliphatic carbocycles. The first-order valence-corrected chi connectivity index (χ1v) is 5.93. The number of hydrogen-bond donors (Lipinski definition) is 0. The second-order valence-corrected chi connectivity index (χ2v) is 4.93. The van der Waals surface area contributed by atoms with E-state index >= 15 is 0 Å². The Kier molecular flexibility index (Phi) is 2.37. The lowest BCUT2D eigenvalue weighted by atomic mass is 9.83. The first-order chi connectivity index (χ1) is 5.83. The molecule has 1 heteroatoms. The van der Waals surface area contributed by atoms with E-state index in [0.717, 1.165) is 17.7 Å². The molecule has 0 nitrogen and oxygen atoms in total. The van der Waals surface area contributed by atoms with E-state index in [4.69, 9.17) is 11.6 Å². The fraction of sp³-hybridized carbons (Fsp3) is 1.00. The monoisotopic (exact) mass is 186 g/mol. The third-order valence-corrected chi connectivity index (χ3v) is 4.66.